The first-order valence-corrected chi connectivity index (χ1v) is 7.63. The third-order valence-electron chi connectivity index (χ3n) is 4.03. The van der Waals surface area contributed by atoms with Crippen molar-refractivity contribution in [3.63, 3.8) is 0 Å². The van der Waals surface area contributed by atoms with Gasteiger partial charge < -0.3 is 4.90 Å². The van der Waals surface area contributed by atoms with E-state index >= 15 is 0 Å². The smallest absolute Gasteiger partial charge is 0.229 e. The highest BCUT2D eigenvalue weighted by molar-refractivity contribution is 6.30. The second-order valence-electron chi connectivity index (χ2n) is 5.60. The summed E-state index contributed by atoms with van der Waals surface area (Å²) < 4.78 is 0. The molecule has 2 rings (SSSR count). The second kappa shape index (κ2) is 7.05. The monoisotopic (exact) mass is 308 g/mol. The average Bonchev–Trinajstić information content (AvgIpc) is 2.78. The van der Waals surface area contributed by atoms with Gasteiger partial charge in [-0.1, -0.05) is 23.7 Å². The number of halogens is 1. The number of hydrogen-bond acceptors (Lipinski definition) is 3. The number of likely N-dealkylation sites (N-methyl/N-ethyl adjacent to an activating group) is 1. The van der Waals surface area contributed by atoms with Crippen LogP contribution in [0.15, 0.2) is 24.3 Å². The van der Waals surface area contributed by atoms with Gasteiger partial charge in [0.05, 0.1) is 0 Å². The van der Waals surface area contributed by atoms with Crippen molar-refractivity contribution in [2.75, 3.05) is 20.1 Å². The maximum absolute atomic E-state index is 11.6. The Labute approximate surface area is 130 Å². The van der Waals surface area contributed by atoms with Crippen molar-refractivity contribution in [3.8, 4) is 0 Å². The van der Waals surface area contributed by atoms with Crippen LogP contribution < -0.4 is 0 Å². The van der Waals surface area contributed by atoms with Crippen molar-refractivity contribution in [1.29, 1.82) is 0 Å². The Morgan fingerprint density at radius 1 is 1.19 bits per heavy atom. The Balaban J connectivity index is 1.82. The Hall–Kier alpha value is -1.39. The molecule has 1 aromatic carbocycles. The average molecular weight is 309 g/mol. The van der Waals surface area contributed by atoms with Gasteiger partial charge in [0.25, 0.3) is 0 Å². The molecule has 1 aliphatic heterocycles. The van der Waals surface area contributed by atoms with E-state index in [4.69, 9.17) is 11.6 Å². The van der Waals surface area contributed by atoms with Crippen LogP contribution in [0.25, 0.3) is 0 Å². The van der Waals surface area contributed by atoms with Gasteiger partial charge in [0.2, 0.25) is 11.8 Å². The van der Waals surface area contributed by atoms with Gasteiger partial charge in [0.15, 0.2) is 0 Å². The van der Waals surface area contributed by atoms with Crippen LogP contribution in [-0.4, -0.2) is 47.8 Å². The summed E-state index contributed by atoms with van der Waals surface area (Å²) in [4.78, 5) is 26.7. The van der Waals surface area contributed by atoms with E-state index in [-0.39, 0.29) is 11.8 Å². The molecule has 0 bridgehead atoms. The zero-order valence-corrected chi connectivity index (χ0v) is 13.3. The van der Waals surface area contributed by atoms with Gasteiger partial charge >= 0.3 is 0 Å². The van der Waals surface area contributed by atoms with Crippen molar-refractivity contribution in [1.82, 2.24) is 9.80 Å². The maximum Gasteiger partial charge on any atom is 0.229 e. The fraction of sp³-hybridized carbons (Fsp3) is 0.500. The molecular formula is C16H21ClN2O2. The standard InChI is InChI=1S/C16H21ClN2O2/c1-12(11-13-3-5-14(17)6-4-13)18(2)9-10-19-15(20)7-8-16(19)21/h3-6,12H,7-11H2,1-2H3/t12-/m1/s1. The van der Waals surface area contributed by atoms with Gasteiger partial charge in [-0.15, -0.1) is 0 Å². The molecule has 2 amide bonds. The van der Waals surface area contributed by atoms with Gasteiger partial charge in [-0.25, -0.2) is 0 Å². The molecule has 0 aromatic heterocycles. The molecule has 1 heterocycles. The van der Waals surface area contributed by atoms with E-state index in [2.05, 4.69) is 11.8 Å². The van der Waals surface area contributed by atoms with E-state index < -0.39 is 0 Å². The fourth-order valence-electron chi connectivity index (χ4n) is 2.47. The number of imide groups is 1. The van der Waals surface area contributed by atoms with Gasteiger partial charge in [0, 0.05) is 37.0 Å². The fourth-order valence-corrected chi connectivity index (χ4v) is 2.59. The lowest BCUT2D eigenvalue weighted by Crippen LogP contribution is -2.40. The molecule has 0 spiro atoms. The number of likely N-dealkylation sites (tertiary alicyclic amines) is 1. The van der Waals surface area contributed by atoms with Gasteiger partial charge in [-0.05, 0) is 38.1 Å². The quantitative estimate of drug-likeness (QED) is 0.758. The lowest BCUT2D eigenvalue weighted by Gasteiger charge is -2.26. The lowest BCUT2D eigenvalue weighted by molar-refractivity contribution is -0.138. The zero-order chi connectivity index (χ0) is 15.4. The Morgan fingerprint density at radius 3 is 2.33 bits per heavy atom. The molecule has 1 fully saturated rings. The molecule has 1 saturated heterocycles. The van der Waals surface area contributed by atoms with Gasteiger partial charge in [-0.2, -0.15) is 0 Å². The lowest BCUT2D eigenvalue weighted by atomic mass is 10.1. The normalized spacial score (nSPS) is 16.9. The van der Waals surface area contributed by atoms with E-state index in [1.54, 1.807) is 0 Å². The molecule has 5 heteroatoms. The highest BCUT2D eigenvalue weighted by atomic mass is 35.5. The van der Waals surface area contributed by atoms with E-state index in [0.717, 1.165) is 11.4 Å². The minimum Gasteiger partial charge on any atom is -0.302 e. The van der Waals surface area contributed by atoms with E-state index in [1.165, 1.54) is 10.5 Å². The van der Waals surface area contributed by atoms with Crippen LogP contribution in [0.5, 0.6) is 0 Å². The molecule has 4 nitrogen and oxygen atoms in total. The van der Waals surface area contributed by atoms with Crippen molar-refractivity contribution < 1.29 is 9.59 Å². The zero-order valence-electron chi connectivity index (χ0n) is 12.5. The van der Waals surface area contributed by atoms with Crippen LogP contribution in [0.2, 0.25) is 5.02 Å². The largest absolute Gasteiger partial charge is 0.302 e. The molecular weight excluding hydrogens is 288 g/mol. The van der Waals surface area contributed by atoms with E-state index in [9.17, 15) is 9.59 Å². The molecule has 0 radical (unpaired) electrons. The molecule has 114 valence electrons. The summed E-state index contributed by atoms with van der Waals surface area (Å²) >= 11 is 5.88. The third-order valence-corrected chi connectivity index (χ3v) is 4.28. The topological polar surface area (TPSA) is 40.6 Å². The predicted molar refractivity (Wildman–Crippen MR) is 83.2 cm³/mol. The summed E-state index contributed by atoms with van der Waals surface area (Å²) in [7, 11) is 2.02. The van der Waals surface area contributed by atoms with Crippen molar-refractivity contribution >= 4 is 23.4 Å². The Morgan fingerprint density at radius 2 is 1.76 bits per heavy atom. The van der Waals surface area contributed by atoms with E-state index in [0.29, 0.717) is 32.0 Å². The maximum atomic E-state index is 11.6. The molecule has 1 atom stereocenters. The van der Waals surface area contributed by atoms with Crippen LogP contribution in [-0.2, 0) is 16.0 Å². The second-order valence-corrected chi connectivity index (χ2v) is 6.04. The summed E-state index contributed by atoms with van der Waals surface area (Å²) in [6.45, 7) is 3.33. The number of nitrogens with zero attached hydrogens (tertiary/aromatic N) is 2. The highest BCUT2D eigenvalue weighted by Gasteiger charge is 2.28. The summed E-state index contributed by atoms with van der Waals surface area (Å²) in [5.74, 6) is -0.0856. The molecule has 0 N–H and O–H groups in total. The number of carbonyl (C=O) groups is 2. The third kappa shape index (κ3) is 4.29. The van der Waals surface area contributed by atoms with Crippen molar-refractivity contribution in [2.24, 2.45) is 0 Å². The first-order chi connectivity index (χ1) is 9.97. The Kier molecular flexibility index (Phi) is 5.37. The number of carbonyl (C=O) groups excluding carboxylic acids is 2. The molecule has 0 aliphatic carbocycles. The highest BCUT2D eigenvalue weighted by Crippen LogP contribution is 2.14. The van der Waals surface area contributed by atoms with Crippen LogP contribution in [0.4, 0.5) is 0 Å². The number of hydrogen-bond donors (Lipinski definition) is 0. The minimum atomic E-state index is -0.0428. The van der Waals surface area contributed by atoms with Crippen molar-refractivity contribution in [2.45, 2.75) is 32.2 Å². The number of amides is 2. The summed E-state index contributed by atoms with van der Waals surface area (Å²) in [6, 6.07) is 8.18. The predicted octanol–water partition coefficient (Wildman–Crippen LogP) is 2.35. The summed E-state index contributed by atoms with van der Waals surface area (Å²) in [5.41, 5.74) is 1.23. The Bertz CT molecular complexity index is 500. The molecule has 21 heavy (non-hydrogen) atoms. The summed E-state index contributed by atoms with van der Waals surface area (Å²) in [6.07, 6.45) is 1.64. The molecule has 0 saturated carbocycles. The SMILES string of the molecule is C[C@H](Cc1ccc(Cl)cc1)N(C)CCN1C(=O)CCC1=O. The van der Waals surface area contributed by atoms with Crippen LogP contribution in [0.1, 0.15) is 25.3 Å². The van der Waals surface area contributed by atoms with E-state index in [1.807, 2.05) is 31.3 Å². The first-order valence-electron chi connectivity index (χ1n) is 7.25. The molecule has 0 unspecified atom stereocenters. The van der Waals surface area contributed by atoms with Crippen LogP contribution in [0, 0.1) is 0 Å². The number of rotatable bonds is 6. The minimum absolute atomic E-state index is 0.0428. The van der Waals surface area contributed by atoms with Crippen molar-refractivity contribution in [3.05, 3.63) is 34.9 Å². The number of benzene rings is 1. The van der Waals surface area contributed by atoms with Crippen LogP contribution >= 0.6 is 11.6 Å². The van der Waals surface area contributed by atoms with Gasteiger partial charge in [0.1, 0.15) is 0 Å². The molecule has 1 aromatic rings. The van der Waals surface area contributed by atoms with Crippen LogP contribution in [0.3, 0.4) is 0 Å². The molecule has 1 aliphatic rings. The summed E-state index contributed by atoms with van der Waals surface area (Å²) in [5, 5.41) is 0.741. The first kappa shape index (κ1) is 16.0. The van der Waals surface area contributed by atoms with Gasteiger partial charge in [-0.3, -0.25) is 14.5 Å².